The van der Waals surface area contributed by atoms with Crippen LogP contribution in [0, 0.1) is 11.3 Å². The number of hydrazine groups is 1. The first-order valence-electron chi connectivity index (χ1n) is 7.76. The molecule has 1 aromatic carbocycles. The van der Waals surface area contributed by atoms with E-state index in [4.69, 9.17) is 17.3 Å². The fraction of sp³-hybridized carbons (Fsp3) is 0.625. The van der Waals surface area contributed by atoms with E-state index in [9.17, 15) is 0 Å². The zero-order valence-corrected chi connectivity index (χ0v) is 13.4. The molecule has 2 heterocycles. The fourth-order valence-corrected chi connectivity index (χ4v) is 3.74. The summed E-state index contributed by atoms with van der Waals surface area (Å²) in [5.41, 5.74) is 14.2. The van der Waals surface area contributed by atoms with Gasteiger partial charge < -0.3 is 10.6 Å². The maximum atomic E-state index is 6.12. The Morgan fingerprint density at radius 2 is 2.33 bits per heavy atom. The normalized spacial score (nSPS) is 33.7. The van der Waals surface area contributed by atoms with Crippen molar-refractivity contribution in [2.75, 3.05) is 32.7 Å². The lowest BCUT2D eigenvalue weighted by molar-refractivity contribution is 0.239. The molecule has 0 spiro atoms. The molecule has 0 bridgehead atoms. The number of hydrogen-bond donors (Lipinski definition) is 3. The van der Waals surface area contributed by atoms with Crippen molar-refractivity contribution in [3.05, 3.63) is 34.9 Å². The van der Waals surface area contributed by atoms with E-state index in [1.54, 1.807) is 0 Å². The van der Waals surface area contributed by atoms with Crippen LogP contribution in [0.3, 0.4) is 0 Å². The minimum absolute atomic E-state index is 0.297. The lowest BCUT2D eigenvalue weighted by Crippen LogP contribution is -2.35. The van der Waals surface area contributed by atoms with Crippen molar-refractivity contribution in [3.8, 4) is 0 Å². The Kier molecular flexibility index (Phi) is 4.52. The first-order valence-corrected chi connectivity index (χ1v) is 8.14. The van der Waals surface area contributed by atoms with Crippen LogP contribution in [0.2, 0.25) is 5.02 Å². The van der Waals surface area contributed by atoms with E-state index in [0.717, 1.165) is 37.7 Å². The highest BCUT2D eigenvalue weighted by molar-refractivity contribution is 6.30. The highest BCUT2D eigenvalue weighted by Crippen LogP contribution is 2.32. The van der Waals surface area contributed by atoms with Crippen LogP contribution in [0.1, 0.15) is 24.9 Å². The zero-order valence-electron chi connectivity index (χ0n) is 12.6. The summed E-state index contributed by atoms with van der Waals surface area (Å²) < 4.78 is 0. The Morgan fingerprint density at radius 1 is 1.48 bits per heavy atom. The summed E-state index contributed by atoms with van der Waals surface area (Å²) in [6.45, 7) is 7.45. The molecule has 2 aliphatic heterocycles. The molecular weight excluding hydrogens is 284 g/mol. The molecule has 116 valence electrons. The van der Waals surface area contributed by atoms with Gasteiger partial charge in [0, 0.05) is 30.6 Å². The van der Waals surface area contributed by atoms with Crippen molar-refractivity contribution >= 4 is 11.6 Å². The van der Waals surface area contributed by atoms with Gasteiger partial charge in [0.1, 0.15) is 0 Å². The van der Waals surface area contributed by atoms with E-state index in [1.165, 1.54) is 12.0 Å². The van der Waals surface area contributed by atoms with Gasteiger partial charge in [0.25, 0.3) is 0 Å². The Labute approximate surface area is 132 Å². The van der Waals surface area contributed by atoms with Gasteiger partial charge in [0.2, 0.25) is 0 Å². The zero-order chi connectivity index (χ0) is 14.9. The lowest BCUT2D eigenvalue weighted by atomic mass is 9.90. The number of likely N-dealkylation sites (tertiary alicyclic amines) is 1. The van der Waals surface area contributed by atoms with Crippen LogP contribution in [0.4, 0.5) is 0 Å². The average molecular weight is 309 g/mol. The van der Waals surface area contributed by atoms with Crippen LogP contribution >= 0.6 is 11.6 Å². The Hall–Kier alpha value is -0.650. The molecule has 0 saturated carbocycles. The predicted octanol–water partition coefficient (Wildman–Crippen LogP) is 1.78. The molecule has 3 rings (SSSR count). The first-order chi connectivity index (χ1) is 10.1. The third kappa shape index (κ3) is 3.41. The Bertz CT molecular complexity index is 495. The molecule has 1 aromatic rings. The quantitative estimate of drug-likeness (QED) is 0.793. The van der Waals surface area contributed by atoms with E-state index in [1.807, 2.05) is 12.1 Å². The van der Waals surface area contributed by atoms with Crippen molar-refractivity contribution in [3.63, 3.8) is 0 Å². The summed E-state index contributed by atoms with van der Waals surface area (Å²) in [7, 11) is 0. The topological polar surface area (TPSA) is 53.3 Å². The van der Waals surface area contributed by atoms with Gasteiger partial charge in [-0.2, -0.15) is 0 Å². The molecular formula is C16H25ClN4. The summed E-state index contributed by atoms with van der Waals surface area (Å²) in [4.78, 5) is 2.56. The van der Waals surface area contributed by atoms with E-state index in [-0.39, 0.29) is 0 Å². The van der Waals surface area contributed by atoms with Crippen LogP contribution in [-0.2, 0) is 0 Å². The lowest BCUT2D eigenvalue weighted by Gasteiger charge is -2.26. The molecule has 0 aromatic heterocycles. The molecule has 0 radical (unpaired) electrons. The molecule has 4 nitrogen and oxygen atoms in total. The summed E-state index contributed by atoms with van der Waals surface area (Å²) in [6.07, 6.45) is 1.21. The fourth-order valence-electron chi connectivity index (χ4n) is 3.54. The molecule has 3 atom stereocenters. The maximum absolute atomic E-state index is 6.12. The number of benzene rings is 1. The number of rotatable bonds is 4. The highest BCUT2D eigenvalue weighted by Gasteiger charge is 2.36. The largest absolute Gasteiger partial charge is 0.330 e. The van der Waals surface area contributed by atoms with E-state index in [2.05, 4.69) is 34.8 Å². The first kappa shape index (κ1) is 15.3. The summed E-state index contributed by atoms with van der Waals surface area (Å²) in [5.74, 6) is 0.559. The van der Waals surface area contributed by atoms with Gasteiger partial charge in [-0.25, -0.2) is 5.43 Å². The maximum Gasteiger partial charge on any atom is 0.0515 e. The molecule has 2 aliphatic rings. The van der Waals surface area contributed by atoms with Crippen LogP contribution in [0.25, 0.3) is 0 Å². The SMILES string of the molecule is CC1(CN)CCN(CC2CNNC2c2cccc(Cl)c2)C1. The van der Waals surface area contributed by atoms with Crippen molar-refractivity contribution in [2.45, 2.75) is 19.4 Å². The standard InChI is InChI=1S/C16H25ClN4/c1-16(10-18)5-6-21(11-16)9-13-8-19-20-15(13)12-3-2-4-14(17)7-12/h2-4,7,13,15,19-20H,5-6,8-11,18H2,1H3. The van der Waals surface area contributed by atoms with Gasteiger partial charge in [-0.05, 0) is 42.6 Å². The van der Waals surface area contributed by atoms with Crippen molar-refractivity contribution in [1.29, 1.82) is 0 Å². The molecule has 4 N–H and O–H groups in total. The minimum atomic E-state index is 0.297. The van der Waals surface area contributed by atoms with E-state index >= 15 is 0 Å². The van der Waals surface area contributed by atoms with Crippen molar-refractivity contribution < 1.29 is 0 Å². The molecule has 21 heavy (non-hydrogen) atoms. The molecule has 0 amide bonds. The summed E-state index contributed by atoms with van der Waals surface area (Å²) in [5, 5.41) is 0.803. The van der Waals surface area contributed by atoms with Gasteiger partial charge in [-0.15, -0.1) is 0 Å². The number of nitrogens with zero attached hydrogens (tertiary/aromatic N) is 1. The van der Waals surface area contributed by atoms with E-state index in [0.29, 0.717) is 17.4 Å². The summed E-state index contributed by atoms with van der Waals surface area (Å²) >= 11 is 6.12. The third-order valence-electron chi connectivity index (χ3n) is 4.92. The average Bonchev–Trinajstić information content (AvgIpc) is 3.07. The smallest absolute Gasteiger partial charge is 0.0515 e. The number of nitrogens with one attached hydrogen (secondary N) is 2. The number of halogens is 1. The molecule has 0 aliphatic carbocycles. The van der Waals surface area contributed by atoms with Gasteiger partial charge >= 0.3 is 0 Å². The van der Waals surface area contributed by atoms with Crippen molar-refractivity contribution in [2.24, 2.45) is 17.1 Å². The Morgan fingerprint density at radius 3 is 3.05 bits per heavy atom. The van der Waals surface area contributed by atoms with E-state index < -0.39 is 0 Å². The Balaban J connectivity index is 1.65. The van der Waals surface area contributed by atoms with Crippen LogP contribution < -0.4 is 16.6 Å². The minimum Gasteiger partial charge on any atom is -0.330 e. The van der Waals surface area contributed by atoms with Gasteiger partial charge in [-0.3, -0.25) is 5.43 Å². The highest BCUT2D eigenvalue weighted by atomic mass is 35.5. The second kappa shape index (κ2) is 6.23. The summed E-state index contributed by atoms with van der Waals surface area (Å²) in [6, 6.07) is 8.49. The second-order valence-corrected chi connectivity index (χ2v) is 7.25. The second-order valence-electron chi connectivity index (χ2n) is 6.82. The van der Waals surface area contributed by atoms with Crippen LogP contribution in [-0.4, -0.2) is 37.6 Å². The molecule has 2 saturated heterocycles. The van der Waals surface area contributed by atoms with Gasteiger partial charge in [0.15, 0.2) is 0 Å². The number of hydrogen-bond acceptors (Lipinski definition) is 4. The molecule has 2 fully saturated rings. The van der Waals surface area contributed by atoms with Crippen LogP contribution in [0.5, 0.6) is 0 Å². The van der Waals surface area contributed by atoms with Crippen molar-refractivity contribution in [1.82, 2.24) is 15.8 Å². The molecule has 3 unspecified atom stereocenters. The number of nitrogens with two attached hydrogens (primary N) is 1. The van der Waals surface area contributed by atoms with Crippen LogP contribution in [0.15, 0.2) is 24.3 Å². The predicted molar refractivity (Wildman–Crippen MR) is 87.0 cm³/mol. The molecule has 5 heteroatoms. The van der Waals surface area contributed by atoms with Gasteiger partial charge in [-0.1, -0.05) is 30.7 Å². The monoisotopic (exact) mass is 308 g/mol. The van der Waals surface area contributed by atoms with Gasteiger partial charge in [0.05, 0.1) is 6.04 Å². The third-order valence-corrected chi connectivity index (χ3v) is 5.16.